The van der Waals surface area contributed by atoms with E-state index in [-0.39, 0.29) is 71.1 Å². The molecule has 525 valence electrons. The molecule has 100 heavy (non-hydrogen) atoms. The van der Waals surface area contributed by atoms with Gasteiger partial charge in [0.2, 0.25) is 0 Å². The van der Waals surface area contributed by atoms with Gasteiger partial charge in [-0.2, -0.15) is 65.7 Å². The summed E-state index contributed by atoms with van der Waals surface area (Å²) in [4.78, 5) is 10.9. The smallest absolute Gasteiger partial charge is 0.117 e. The molecule has 7 heterocycles. The third kappa shape index (κ3) is 13.7. The zero-order valence-electron chi connectivity index (χ0n) is 61.9. The van der Waals surface area contributed by atoms with Crippen molar-refractivity contribution in [3.63, 3.8) is 0 Å². The van der Waals surface area contributed by atoms with Crippen molar-refractivity contribution in [3.05, 3.63) is 273 Å². The zero-order chi connectivity index (χ0) is 69.0. The van der Waals surface area contributed by atoms with E-state index < -0.39 is 0 Å². The Kier molecular flexibility index (Phi) is 22.1. The van der Waals surface area contributed by atoms with Crippen LogP contribution >= 0.6 is 0 Å². The van der Waals surface area contributed by atoms with Crippen LogP contribution in [-0.4, -0.2) is 4.98 Å². The SMILES string of the molecule is Cc1c[c-]c2c(c1)-c1cc(-c3c(C(C)C)cccc3C(C)C)ccc1C1=C(C(C)C)O[CH-]N12.Cc1cccc(C)c1C1=C2c3cc(C(C)C)ccc3-c3cc(C(C)C)c[c-]c3N2[CH-]O1.Cc1cncc(C)c1C1=C2c3ccc(C(C)(C)C)cc3-c3cc(C(C)(C)C)c[c-]c3N2[CH-]O1.[Ir].[Ir].[Ir]. The van der Waals surface area contributed by atoms with E-state index in [0.29, 0.717) is 29.6 Å². The van der Waals surface area contributed by atoms with Crippen LogP contribution in [0, 0.1) is 78.9 Å². The predicted octanol–water partition coefficient (Wildman–Crippen LogP) is 24.0. The number of anilines is 3. The van der Waals surface area contributed by atoms with E-state index in [9.17, 15) is 0 Å². The monoisotopic (exact) mass is 1860 g/mol. The molecule has 0 fully saturated rings. The second-order valence-corrected chi connectivity index (χ2v) is 31.0. The Hall–Kier alpha value is -7.12. The van der Waals surface area contributed by atoms with Gasteiger partial charge in [-0.1, -0.05) is 268 Å². The van der Waals surface area contributed by atoms with Crippen molar-refractivity contribution in [2.24, 2.45) is 5.92 Å². The summed E-state index contributed by atoms with van der Waals surface area (Å²) >= 11 is 0. The number of ether oxygens (including phenoxy) is 3. The van der Waals surface area contributed by atoms with E-state index >= 15 is 0 Å². The van der Waals surface area contributed by atoms with Crippen LogP contribution in [0.4, 0.5) is 17.1 Å². The second-order valence-electron chi connectivity index (χ2n) is 31.0. The number of aromatic nitrogens is 1. The molecule has 0 aliphatic carbocycles. The summed E-state index contributed by atoms with van der Waals surface area (Å²) in [6.07, 6.45) is 3.81. The molecule has 15 rings (SSSR count). The first-order valence-electron chi connectivity index (χ1n) is 34.9. The number of hydrogen-bond donors (Lipinski definition) is 0. The maximum absolute atomic E-state index is 6.30. The minimum absolute atomic E-state index is 0. The van der Waals surface area contributed by atoms with E-state index in [2.05, 4.69) is 311 Å². The molecule has 0 saturated heterocycles. The molecule has 0 N–H and O–H groups in total. The molecule has 6 aliphatic heterocycles. The number of allylic oxidation sites excluding steroid dienone is 1. The van der Waals surface area contributed by atoms with Gasteiger partial charge >= 0.3 is 0 Å². The van der Waals surface area contributed by atoms with Crippen LogP contribution in [0.3, 0.4) is 0 Å². The number of aryl methyl sites for hydroxylation is 5. The Morgan fingerprint density at radius 1 is 0.380 bits per heavy atom. The van der Waals surface area contributed by atoms with Gasteiger partial charge in [-0.05, 0) is 129 Å². The topological polar surface area (TPSA) is 50.3 Å². The van der Waals surface area contributed by atoms with E-state index in [4.69, 9.17) is 14.2 Å². The number of nitrogens with zero attached hydrogens (tertiary/aromatic N) is 4. The van der Waals surface area contributed by atoms with E-state index in [1.54, 1.807) is 0 Å². The average Bonchev–Trinajstić information content (AvgIpc) is 1.45. The van der Waals surface area contributed by atoms with Gasteiger partial charge in [0.25, 0.3) is 0 Å². The molecule has 3 radical (unpaired) electrons. The van der Waals surface area contributed by atoms with Crippen molar-refractivity contribution in [2.75, 3.05) is 14.7 Å². The summed E-state index contributed by atoms with van der Waals surface area (Å²) in [5, 5.41) is 0. The first-order valence-corrected chi connectivity index (χ1v) is 34.9. The van der Waals surface area contributed by atoms with Crippen LogP contribution < -0.4 is 14.7 Å². The van der Waals surface area contributed by atoms with E-state index in [1.165, 1.54) is 117 Å². The fourth-order valence-electron chi connectivity index (χ4n) is 14.6. The Balaban J connectivity index is 0.000000160. The van der Waals surface area contributed by atoms with Crippen LogP contribution in [-0.2, 0) is 85.4 Å². The van der Waals surface area contributed by atoms with Gasteiger partial charge in [0.1, 0.15) is 11.5 Å². The average molecular weight is 1860 g/mol. The predicted molar refractivity (Wildman–Crippen MR) is 405 cm³/mol. The maximum atomic E-state index is 6.30. The fourth-order valence-corrected chi connectivity index (χ4v) is 14.6. The van der Waals surface area contributed by atoms with Crippen molar-refractivity contribution >= 4 is 45.7 Å². The summed E-state index contributed by atoms with van der Waals surface area (Å²) in [5.74, 6) is 4.98. The van der Waals surface area contributed by atoms with Crippen molar-refractivity contribution in [1.29, 1.82) is 0 Å². The third-order valence-electron chi connectivity index (χ3n) is 20.1. The van der Waals surface area contributed by atoms with Gasteiger partial charge < -0.3 is 28.9 Å². The molecule has 0 atom stereocenters. The van der Waals surface area contributed by atoms with Crippen LogP contribution in [0.1, 0.15) is 223 Å². The summed E-state index contributed by atoms with van der Waals surface area (Å²) in [5.41, 5.74) is 36.6. The van der Waals surface area contributed by atoms with Gasteiger partial charge in [-0.15, -0.1) is 22.3 Å². The third-order valence-corrected chi connectivity index (χ3v) is 20.1. The van der Waals surface area contributed by atoms with Gasteiger partial charge in [-0.25, -0.2) is 0 Å². The van der Waals surface area contributed by atoms with Crippen LogP contribution in [0.2, 0.25) is 0 Å². The van der Waals surface area contributed by atoms with E-state index in [1.807, 2.05) is 32.6 Å². The minimum Gasteiger partial charge on any atom is -0.643 e. The molecular formula is C90H94Ir3N4O3-6. The quantitative estimate of drug-likeness (QED) is 0.141. The first-order chi connectivity index (χ1) is 46.1. The molecule has 0 amide bonds. The molecule has 6 aliphatic rings. The molecule has 8 aromatic carbocycles. The summed E-state index contributed by atoms with van der Waals surface area (Å²) < 4.78 is 18.7. The number of hydrogen-bond acceptors (Lipinski definition) is 7. The number of fused-ring (bicyclic) bond motifs is 18. The Labute approximate surface area is 638 Å². The zero-order valence-corrected chi connectivity index (χ0v) is 69.1. The minimum atomic E-state index is 0. The van der Waals surface area contributed by atoms with Crippen LogP contribution in [0.5, 0.6) is 0 Å². The molecule has 0 unspecified atom stereocenters. The molecule has 9 aromatic rings. The molecule has 1 aromatic heterocycles. The van der Waals surface area contributed by atoms with Crippen molar-refractivity contribution in [1.82, 2.24) is 4.98 Å². The molecule has 7 nitrogen and oxygen atoms in total. The maximum Gasteiger partial charge on any atom is 0.117 e. The van der Waals surface area contributed by atoms with Gasteiger partial charge in [0.05, 0.1) is 22.9 Å². The van der Waals surface area contributed by atoms with E-state index in [0.717, 1.165) is 68.1 Å². The van der Waals surface area contributed by atoms with Gasteiger partial charge in [0, 0.05) is 89.8 Å². The largest absolute Gasteiger partial charge is 0.643 e. The molecule has 10 heteroatoms. The number of pyridine rings is 1. The second kappa shape index (κ2) is 29.3. The molecule has 0 bridgehead atoms. The Morgan fingerprint density at radius 2 is 0.840 bits per heavy atom. The van der Waals surface area contributed by atoms with Gasteiger partial charge in [-0.3, -0.25) is 4.98 Å². The summed E-state index contributed by atoms with van der Waals surface area (Å²) in [7, 11) is 0. The number of benzene rings is 8. The first kappa shape index (κ1) is 75.5. The standard InChI is InChI=1S/C31H33NO.C30H32N2O.C29H29NO.3Ir/c1-18(2)23-9-8-10-24(19(3)4)29(23)22-12-13-25-26(16-22)27-15-21(7)11-14-28(27)32-17-33-31(20(5)6)30(25)32;1-18-15-31-16-19(2)26(18)28-27-22-11-9-20(29(3,4)5)13-23(22)24-14-21(30(6,7)8)10-12-25(24)32(27)17-33-28;1-17(2)21-10-12-23-24-14-22(18(3)4)11-13-26(24)30-16-31-29(28(30)25(23)15-21)27-19(5)8-7-9-20(27)6;;;/h8-13,15-20H,1-7H3;9-11,13-17H,1-8H3;7-12,14-18H,1-6H3;;;/q3*-2;;;. The molecular weight excluding hydrogens is 1760 g/mol. The Bertz CT molecular complexity index is 4680. The van der Waals surface area contributed by atoms with Crippen molar-refractivity contribution < 1.29 is 74.5 Å². The normalized spacial score (nSPS) is 14.4. The van der Waals surface area contributed by atoms with Gasteiger partial charge in [0.15, 0.2) is 0 Å². The molecule has 0 saturated carbocycles. The summed E-state index contributed by atoms with van der Waals surface area (Å²) in [6, 6.07) is 58.0. The van der Waals surface area contributed by atoms with Crippen molar-refractivity contribution in [2.45, 2.75) is 180 Å². The summed E-state index contributed by atoms with van der Waals surface area (Å²) in [6.45, 7) is 52.2. The Morgan fingerprint density at radius 3 is 1.41 bits per heavy atom. The number of rotatable bonds is 8. The fraction of sp³-hybridized carbons (Fsp3) is 0.311. The van der Waals surface area contributed by atoms with Crippen LogP contribution in [0.15, 0.2) is 146 Å². The molecule has 0 spiro atoms. The van der Waals surface area contributed by atoms with Crippen LogP contribution in [0.25, 0.3) is 73.1 Å². The van der Waals surface area contributed by atoms with Crippen molar-refractivity contribution in [3.8, 4) is 44.5 Å².